The Bertz CT molecular complexity index is 1080. The molecule has 2 aliphatic heterocycles. The average molecular weight is 400 g/mol. The van der Waals surface area contributed by atoms with Crippen molar-refractivity contribution in [2.75, 3.05) is 42.6 Å². The molecule has 0 aliphatic carbocycles. The van der Waals surface area contributed by atoms with Crippen LogP contribution < -0.4 is 9.80 Å². The number of ether oxygens (including phenoxy) is 1. The van der Waals surface area contributed by atoms with E-state index in [9.17, 15) is 8.78 Å². The molecule has 0 N–H and O–H groups in total. The van der Waals surface area contributed by atoms with Gasteiger partial charge in [-0.3, -0.25) is 0 Å². The second-order valence-electron chi connectivity index (χ2n) is 7.61. The largest absolute Gasteiger partial charge is 0.375 e. The first kappa shape index (κ1) is 18.2. The molecule has 5 rings (SSSR count). The van der Waals surface area contributed by atoms with E-state index in [1.54, 1.807) is 0 Å². The lowest BCUT2D eigenvalue weighted by atomic mass is 10.1. The van der Waals surface area contributed by atoms with Gasteiger partial charge in [-0.2, -0.15) is 9.97 Å². The van der Waals surface area contributed by atoms with Crippen LogP contribution in [0.2, 0.25) is 0 Å². The second-order valence-corrected chi connectivity index (χ2v) is 7.61. The van der Waals surface area contributed by atoms with Gasteiger partial charge < -0.3 is 19.1 Å². The van der Waals surface area contributed by atoms with E-state index in [0.29, 0.717) is 42.5 Å². The molecule has 29 heavy (non-hydrogen) atoms. The number of aromatic nitrogens is 4. The van der Waals surface area contributed by atoms with E-state index < -0.39 is 11.6 Å². The van der Waals surface area contributed by atoms with Crippen molar-refractivity contribution in [2.45, 2.75) is 19.4 Å². The van der Waals surface area contributed by atoms with E-state index in [2.05, 4.69) is 4.90 Å². The maximum atomic E-state index is 14.7. The van der Waals surface area contributed by atoms with Gasteiger partial charge in [0.15, 0.2) is 5.65 Å². The summed E-state index contributed by atoms with van der Waals surface area (Å²) in [7, 11) is 1.88. The molecule has 0 spiro atoms. The molecular weight excluding hydrogens is 378 g/mol. The topological polar surface area (TPSA) is 59.3 Å². The average Bonchev–Trinajstić information content (AvgIpc) is 2.96. The van der Waals surface area contributed by atoms with Crippen LogP contribution >= 0.6 is 0 Å². The summed E-state index contributed by atoms with van der Waals surface area (Å²) < 4.78 is 35.7. The smallest absolute Gasteiger partial charge is 0.228 e. The maximum Gasteiger partial charge on any atom is 0.228 e. The van der Waals surface area contributed by atoms with Crippen LogP contribution in [-0.4, -0.2) is 58.4 Å². The molecule has 0 amide bonds. The predicted octanol–water partition coefficient (Wildman–Crippen LogP) is 2.74. The zero-order chi connectivity index (χ0) is 20.1. The zero-order valence-electron chi connectivity index (χ0n) is 16.4. The van der Waals surface area contributed by atoms with Gasteiger partial charge in [-0.25, -0.2) is 13.8 Å². The molecule has 2 fully saturated rings. The highest BCUT2D eigenvalue weighted by molar-refractivity contribution is 5.90. The summed E-state index contributed by atoms with van der Waals surface area (Å²) in [5, 5.41) is 0. The fourth-order valence-corrected chi connectivity index (χ4v) is 3.90. The van der Waals surface area contributed by atoms with Crippen LogP contribution in [0.1, 0.15) is 13.3 Å². The summed E-state index contributed by atoms with van der Waals surface area (Å²) in [6.45, 7) is 5.71. The Labute approximate surface area is 166 Å². The van der Waals surface area contributed by atoms with E-state index in [0.717, 1.165) is 31.5 Å². The molecule has 7 nitrogen and oxygen atoms in total. The van der Waals surface area contributed by atoms with Crippen molar-refractivity contribution in [1.29, 1.82) is 0 Å². The first-order valence-corrected chi connectivity index (χ1v) is 9.82. The molecule has 9 heteroatoms. The molecule has 1 unspecified atom stereocenters. The van der Waals surface area contributed by atoms with Gasteiger partial charge in [0.2, 0.25) is 11.9 Å². The van der Waals surface area contributed by atoms with E-state index >= 15 is 0 Å². The molecule has 0 saturated carbocycles. The lowest BCUT2D eigenvalue weighted by molar-refractivity contribution is 0.0526. The van der Waals surface area contributed by atoms with Crippen molar-refractivity contribution < 1.29 is 13.5 Å². The lowest BCUT2D eigenvalue weighted by Gasteiger charge is -2.31. The van der Waals surface area contributed by atoms with Crippen molar-refractivity contribution in [1.82, 2.24) is 19.5 Å². The third-order valence-electron chi connectivity index (χ3n) is 5.54. The van der Waals surface area contributed by atoms with Crippen LogP contribution in [0.4, 0.5) is 20.7 Å². The summed E-state index contributed by atoms with van der Waals surface area (Å²) in [5.74, 6) is -0.000465. The summed E-state index contributed by atoms with van der Waals surface area (Å²) in [6, 6.07) is 3.55. The zero-order valence-corrected chi connectivity index (χ0v) is 16.4. The minimum Gasteiger partial charge on any atom is -0.375 e. The van der Waals surface area contributed by atoms with Crippen molar-refractivity contribution in [2.24, 2.45) is 7.05 Å². The Kier molecular flexibility index (Phi) is 4.34. The molecular formula is C20H22F2N6O. The Balaban J connectivity index is 1.72. The van der Waals surface area contributed by atoms with E-state index in [1.165, 1.54) is 12.1 Å². The normalized spacial score (nSPS) is 19.7. The maximum absolute atomic E-state index is 14.7. The molecule has 1 aromatic carbocycles. The van der Waals surface area contributed by atoms with Crippen molar-refractivity contribution >= 4 is 23.1 Å². The van der Waals surface area contributed by atoms with Crippen molar-refractivity contribution in [3.8, 4) is 11.3 Å². The van der Waals surface area contributed by atoms with E-state index in [-0.39, 0.29) is 11.7 Å². The molecule has 2 aromatic heterocycles. The third-order valence-corrected chi connectivity index (χ3v) is 5.54. The highest BCUT2D eigenvalue weighted by Crippen LogP contribution is 2.33. The number of halogens is 2. The van der Waals surface area contributed by atoms with Gasteiger partial charge in [-0.15, -0.1) is 0 Å². The number of aryl methyl sites for hydroxylation is 1. The van der Waals surface area contributed by atoms with Gasteiger partial charge in [0.1, 0.15) is 22.8 Å². The highest BCUT2D eigenvalue weighted by atomic mass is 19.1. The molecule has 4 heterocycles. The Morgan fingerprint density at radius 3 is 2.59 bits per heavy atom. The number of morpholine rings is 1. The Hall–Kier alpha value is -2.81. The van der Waals surface area contributed by atoms with Gasteiger partial charge in [-0.1, -0.05) is 0 Å². The number of nitrogens with zero attached hydrogens (tertiary/aromatic N) is 6. The van der Waals surface area contributed by atoms with Gasteiger partial charge in [0, 0.05) is 44.9 Å². The fraction of sp³-hybridized carbons (Fsp3) is 0.450. The number of rotatable bonds is 3. The Morgan fingerprint density at radius 1 is 1.07 bits per heavy atom. The number of fused-ring (bicyclic) bond motifs is 1. The molecule has 152 valence electrons. The number of benzene rings is 1. The number of hydrogen-bond acceptors (Lipinski definition) is 6. The molecule has 2 saturated heterocycles. The Morgan fingerprint density at radius 2 is 1.90 bits per heavy atom. The van der Waals surface area contributed by atoms with Crippen LogP contribution in [0.3, 0.4) is 0 Å². The highest BCUT2D eigenvalue weighted by Gasteiger charge is 2.27. The van der Waals surface area contributed by atoms with E-state index in [1.807, 2.05) is 23.4 Å². The first-order chi connectivity index (χ1) is 14.0. The van der Waals surface area contributed by atoms with Gasteiger partial charge in [0.05, 0.1) is 12.7 Å². The quantitative estimate of drug-likeness (QED) is 0.674. The number of imidazole rings is 1. The monoisotopic (exact) mass is 400 g/mol. The minimum absolute atomic E-state index is 0.0504. The summed E-state index contributed by atoms with van der Waals surface area (Å²) in [4.78, 5) is 18.3. The third kappa shape index (κ3) is 3.09. The summed E-state index contributed by atoms with van der Waals surface area (Å²) in [6.07, 6.45) is 1.17. The lowest BCUT2D eigenvalue weighted by Crippen LogP contribution is -2.42. The second kappa shape index (κ2) is 6.91. The minimum atomic E-state index is -0.655. The van der Waals surface area contributed by atoms with Crippen LogP contribution in [0.5, 0.6) is 0 Å². The van der Waals surface area contributed by atoms with E-state index in [4.69, 9.17) is 19.7 Å². The van der Waals surface area contributed by atoms with Crippen molar-refractivity contribution in [3.63, 3.8) is 0 Å². The standard InChI is InChI=1S/C20H22F2N6O/c1-12-11-28(8-9-29-12)19-23-16(14-5-4-13(21)10-15(14)22)17-18(24-19)25-20(26(17)2)27-6-3-7-27/h4-5,10,12H,3,6-9,11H2,1-2H3. The van der Waals surface area contributed by atoms with Crippen LogP contribution in [0.25, 0.3) is 22.4 Å². The van der Waals surface area contributed by atoms with Crippen LogP contribution in [0.15, 0.2) is 18.2 Å². The predicted molar refractivity (Wildman–Crippen MR) is 106 cm³/mol. The molecule has 1 atom stereocenters. The molecule has 3 aromatic rings. The van der Waals surface area contributed by atoms with Crippen LogP contribution in [0, 0.1) is 11.6 Å². The molecule has 2 aliphatic rings. The van der Waals surface area contributed by atoms with Gasteiger partial charge >= 0.3 is 0 Å². The molecule has 0 radical (unpaired) electrons. The first-order valence-electron chi connectivity index (χ1n) is 9.82. The summed E-state index contributed by atoms with van der Waals surface area (Å²) >= 11 is 0. The van der Waals surface area contributed by atoms with Gasteiger partial charge in [0.25, 0.3) is 0 Å². The van der Waals surface area contributed by atoms with Gasteiger partial charge in [-0.05, 0) is 25.5 Å². The van der Waals surface area contributed by atoms with Crippen LogP contribution in [-0.2, 0) is 11.8 Å². The number of hydrogen-bond donors (Lipinski definition) is 0. The molecule has 0 bridgehead atoms. The fourth-order valence-electron chi connectivity index (χ4n) is 3.90. The van der Waals surface area contributed by atoms with Crippen molar-refractivity contribution in [3.05, 3.63) is 29.8 Å². The summed E-state index contributed by atoms with van der Waals surface area (Å²) in [5.41, 5.74) is 1.81. The SMILES string of the molecule is CC1CN(c2nc(-c3ccc(F)cc3F)c3c(n2)nc(N2CCC2)n3C)CCO1. The number of anilines is 2.